The van der Waals surface area contributed by atoms with Crippen molar-refractivity contribution in [3.05, 3.63) is 70.8 Å². The van der Waals surface area contributed by atoms with Gasteiger partial charge in [-0.3, -0.25) is 10.1 Å². The highest BCUT2D eigenvalue weighted by molar-refractivity contribution is 5.93. The molecule has 0 aliphatic heterocycles. The summed E-state index contributed by atoms with van der Waals surface area (Å²) in [6.45, 7) is 0. The van der Waals surface area contributed by atoms with Crippen molar-refractivity contribution in [2.24, 2.45) is 0 Å². The summed E-state index contributed by atoms with van der Waals surface area (Å²) in [4.78, 5) is 20.5. The molecule has 112 valence electrons. The number of H-pyrrole nitrogens is 2. The smallest absolute Gasteiger partial charge is 0.235 e. The second kappa shape index (κ2) is 5.10. The number of aromatic amines is 2. The minimum atomic E-state index is -0.463. The summed E-state index contributed by atoms with van der Waals surface area (Å²) < 4.78 is 0. The predicted octanol–water partition coefficient (Wildman–Crippen LogP) is 3.96. The molecule has 4 aromatic rings. The molecule has 0 saturated heterocycles. The second-order valence-electron chi connectivity index (χ2n) is 5.24. The van der Waals surface area contributed by atoms with E-state index >= 15 is 0 Å². The first-order chi connectivity index (χ1) is 11.2. The third-order valence-electron chi connectivity index (χ3n) is 3.84. The molecule has 0 spiro atoms. The van der Waals surface area contributed by atoms with E-state index in [-0.39, 0.29) is 0 Å². The standard InChI is InChI=1S/C17H12N4O2/c22-21(23)6-5-13-9-18-15-3-1-11(7-14(13)15)12-2-4-16-17(8-12)20-10-19-16/h1-10,18H,(H,19,20). The van der Waals surface area contributed by atoms with E-state index < -0.39 is 4.92 Å². The van der Waals surface area contributed by atoms with Crippen molar-refractivity contribution in [2.45, 2.75) is 0 Å². The van der Waals surface area contributed by atoms with Crippen LogP contribution in [0.4, 0.5) is 0 Å². The zero-order valence-corrected chi connectivity index (χ0v) is 12.0. The Morgan fingerprint density at radius 3 is 2.74 bits per heavy atom. The van der Waals surface area contributed by atoms with Gasteiger partial charge >= 0.3 is 0 Å². The van der Waals surface area contributed by atoms with Gasteiger partial charge in [-0.1, -0.05) is 12.1 Å². The van der Waals surface area contributed by atoms with Gasteiger partial charge < -0.3 is 9.97 Å². The van der Waals surface area contributed by atoms with Crippen molar-refractivity contribution in [1.82, 2.24) is 15.0 Å². The Hall–Kier alpha value is -3.41. The average molecular weight is 304 g/mol. The quantitative estimate of drug-likeness (QED) is 0.443. The van der Waals surface area contributed by atoms with Gasteiger partial charge in [0.15, 0.2) is 0 Å². The summed E-state index contributed by atoms with van der Waals surface area (Å²) >= 11 is 0. The maximum absolute atomic E-state index is 10.5. The average Bonchev–Trinajstić information content (AvgIpc) is 3.18. The molecule has 2 heterocycles. The minimum absolute atomic E-state index is 0.463. The van der Waals surface area contributed by atoms with Gasteiger partial charge in [-0.15, -0.1) is 0 Å². The maximum atomic E-state index is 10.5. The van der Waals surface area contributed by atoms with Crippen LogP contribution in [-0.2, 0) is 0 Å². The lowest BCUT2D eigenvalue weighted by Crippen LogP contribution is -1.82. The molecule has 0 aliphatic carbocycles. The molecular weight excluding hydrogens is 292 g/mol. The number of aromatic nitrogens is 3. The summed E-state index contributed by atoms with van der Waals surface area (Å²) in [5, 5.41) is 11.5. The van der Waals surface area contributed by atoms with Crippen LogP contribution in [0.25, 0.3) is 39.1 Å². The van der Waals surface area contributed by atoms with Crippen LogP contribution in [0.1, 0.15) is 5.56 Å². The third kappa shape index (κ3) is 2.36. The van der Waals surface area contributed by atoms with Gasteiger partial charge in [-0.2, -0.15) is 0 Å². The minimum Gasteiger partial charge on any atom is -0.361 e. The van der Waals surface area contributed by atoms with Crippen molar-refractivity contribution >= 4 is 28.0 Å². The molecule has 0 amide bonds. The van der Waals surface area contributed by atoms with E-state index in [4.69, 9.17) is 0 Å². The molecule has 6 heteroatoms. The van der Waals surface area contributed by atoms with Gasteiger partial charge in [-0.25, -0.2) is 4.98 Å². The van der Waals surface area contributed by atoms with Crippen molar-refractivity contribution in [2.75, 3.05) is 0 Å². The molecular formula is C17H12N4O2. The van der Waals surface area contributed by atoms with Crippen LogP contribution >= 0.6 is 0 Å². The number of nitrogens with one attached hydrogen (secondary N) is 2. The number of hydrogen-bond donors (Lipinski definition) is 2. The van der Waals surface area contributed by atoms with Gasteiger partial charge in [0.05, 0.1) is 22.3 Å². The van der Waals surface area contributed by atoms with Gasteiger partial charge in [0.25, 0.3) is 0 Å². The van der Waals surface area contributed by atoms with Crippen LogP contribution in [0.15, 0.2) is 55.1 Å². The van der Waals surface area contributed by atoms with Crippen LogP contribution in [0, 0.1) is 10.1 Å². The Kier molecular flexibility index (Phi) is 2.94. The van der Waals surface area contributed by atoms with Gasteiger partial charge in [-0.05, 0) is 35.4 Å². The van der Waals surface area contributed by atoms with Crippen molar-refractivity contribution < 1.29 is 4.92 Å². The molecule has 2 aromatic heterocycles. The van der Waals surface area contributed by atoms with E-state index in [1.807, 2.05) is 36.4 Å². The first kappa shape index (κ1) is 13.3. The molecule has 2 aromatic carbocycles. The normalized spacial score (nSPS) is 11.7. The van der Waals surface area contributed by atoms with E-state index in [2.05, 4.69) is 15.0 Å². The Bertz CT molecular complexity index is 1060. The van der Waals surface area contributed by atoms with Crippen LogP contribution in [0.3, 0.4) is 0 Å². The summed E-state index contributed by atoms with van der Waals surface area (Å²) in [7, 11) is 0. The Morgan fingerprint density at radius 2 is 1.87 bits per heavy atom. The summed E-state index contributed by atoms with van der Waals surface area (Å²) in [6, 6.07) is 12.1. The molecule has 2 N–H and O–H groups in total. The van der Waals surface area contributed by atoms with Gasteiger partial charge in [0.2, 0.25) is 6.20 Å². The SMILES string of the molecule is O=[N+]([O-])C=Cc1c[nH]c2ccc(-c3ccc4nc[nH]c4c3)cc12. The second-order valence-corrected chi connectivity index (χ2v) is 5.24. The summed E-state index contributed by atoms with van der Waals surface area (Å²) in [5.74, 6) is 0. The maximum Gasteiger partial charge on any atom is 0.235 e. The van der Waals surface area contributed by atoms with Crippen LogP contribution < -0.4 is 0 Å². The van der Waals surface area contributed by atoms with Crippen molar-refractivity contribution in [1.29, 1.82) is 0 Å². The molecule has 0 bridgehead atoms. The number of rotatable bonds is 3. The molecule has 0 atom stereocenters. The lowest BCUT2D eigenvalue weighted by atomic mass is 10.0. The zero-order chi connectivity index (χ0) is 15.8. The number of fused-ring (bicyclic) bond motifs is 2. The largest absolute Gasteiger partial charge is 0.361 e. The number of nitro groups is 1. The first-order valence-corrected chi connectivity index (χ1v) is 7.07. The number of imidazole rings is 1. The Balaban J connectivity index is 1.83. The summed E-state index contributed by atoms with van der Waals surface area (Å²) in [6.07, 6.45) is 5.89. The van der Waals surface area contributed by atoms with E-state index in [0.29, 0.717) is 0 Å². The lowest BCUT2D eigenvalue weighted by Gasteiger charge is -2.03. The highest BCUT2D eigenvalue weighted by Crippen LogP contribution is 2.28. The molecule has 0 radical (unpaired) electrons. The van der Waals surface area contributed by atoms with Crippen LogP contribution in [-0.4, -0.2) is 19.9 Å². The molecule has 0 saturated carbocycles. The predicted molar refractivity (Wildman–Crippen MR) is 89.4 cm³/mol. The van der Waals surface area contributed by atoms with E-state index in [1.54, 1.807) is 12.5 Å². The number of nitrogens with zero attached hydrogens (tertiary/aromatic N) is 2. The van der Waals surface area contributed by atoms with Crippen LogP contribution in [0.2, 0.25) is 0 Å². The lowest BCUT2D eigenvalue weighted by molar-refractivity contribution is -0.400. The Morgan fingerprint density at radius 1 is 1.04 bits per heavy atom. The van der Waals surface area contributed by atoms with E-state index in [0.717, 1.165) is 44.8 Å². The van der Waals surface area contributed by atoms with Gasteiger partial charge in [0.1, 0.15) is 0 Å². The van der Waals surface area contributed by atoms with Gasteiger partial charge in [0, 0.05) is 28.7 Å². The molecule has 0 unspecified atom stereocenters. The fourth-order valence-electron chi connectivity index (χ4n) is 2.72. The number of hydrogen-bond acceptors (Lipinski definition) is 3. The van der Waals surface area contributed by atoms with Crippen molar-refractivity contribution in [3.63, 3.8) is 0 Å². The van der Waals surface area contributed by atoms with E-state index in [1.165, 1.54) is 6.08 Å². The first-order valence-electron chi connectivity index (χ1n) is 7.07. The van der Waals surface area contributed by atoms with Crippen LogP contribution in [0.5, 0.6) is 0 Å². The monoisotopic (exact) mass is 304 g/mol. The highest BCUT2D eigenvalue weighted by Gasteiger charge is 2.06. The van der Waals surface area contributed by atoms with Crippen molar-refractivity contribution in [3.8, 4) is 11.1 Å². The fourth-order valence-corrected chi connectivity index (χ4v) is 2.72. The third-order valence-corrected chi connectivity index (χ3v) is 3.84. The molecule has 0 fully saturated rings. The molecule has 0 aliphatic rings. The zero-order valence-electron chi connectivity index (χ0n) is 12.0. The van der Waals surface area contributed by atoms with E-state index in [9.17, 15) is 10.1 Å². The number of benzene rings is 2. The fraction of sp³-hybridized carbons (Fsp3) is 0. The molecule has 6 nitrogen and oxygen atoms in total. The Labute approximate surface area is 130 Å². The summed E-state index contributed by atoms with van der Waals surface area (Å²) in [5.41, 5.74) is 5.75. The highest BCUT2D eigenvalue weighted by atomic mass is 16.6. The molecule has 23 heavy (non-hydrogen) atoms. The molecule has 4 rings (SSSR count). The topological polar surface area (TPSA) is 87.6 Å².